The summed E-state index contributed by atoms with van der Waals surface area (Å²) in [5.41, 5.74) is 0. The average Bonchev–Trinajstić information content (AvgIpc) is 2.57. The van der Waals surface area contributed by atoms with Crippen molar-refractivity contribution in [1.29, 1.82) is 0 Å². The summed E-state index contributed by atoms with van der Waals surface area (Å²) in [6.45, 7) is 0. The Morgan fingerprint density at radius 2 is 0.730 bits per heavy atom. The van der Waals surface area contributed by atoms with Gasteiger partial charge in [-0.25, -0.2) is 13.2 Å². The molecule has 0 unspecified atom stereocenters. The fraction of sp³-hybridized carbons (Fsp3) is 1.00. The Kier molecular flexibility index (Phi) is 10.7. The molecule has 0 rings (SSSR count). The maximum Gasteiger partial charge on any atom is 1.00 e. The first-order valence-corrected chi connectivity index (χ1v) is 8.87. The minimum Gasteiger partial charge on any atom is -0.743 e. The Labute approximate surface area is 235 Å². The van der Waals surface area contributed by atoms with Gasteiger partial charge in [0.15, 0.2) is 10.1 Å². The molecule has 4 nitrogen and oxygen atoms in total. The van der Waals surface area contributed by atoms with Crippen LogP contribution in [0, 0.1) is 0 Å². The van der Waals surface area contributed by atoms with Crippen LogP contribution in [0.2, 0.25) is 0 Å². The van der Waals surface area contributed by atoms with Gasteiger partial charge in [0.2, 0.25) is 0 Å². The van der Waals surface area contributed by atoms with E-state index in [-0.39, 0.29) is 51.4 Å². The third-order valence-electron chi connectivity index (χ3n) is 3.60. The standard InChI is InChI=1S/C10HClF20O4S.K/c11-7(24,25)5(20,21)3(16,17)1(12,13)2(14,15)4(18,19)6(22,23)8(26,27)35-9(28,29)10(30,31)36(32,33)34;/h(H,32,33,34);/q;+1/p-1. The van der Waals surface area contributed by atoms with E-state index >= 15 is 0 Å². The van der Waals surface area contributed by atoms with Crippen molar-refractivity contribution in [3.63, 3.8) is 0 Å². The van der Waals surface area contributed by atoms with Crippen LogP contribution in [0.15, 0.2) is 0 Å². The summed E-state index contributed by atoms with van der Waals surface area (Å²) in [5.74, 6) is -52.9. The summed E-state index contributed by atoms with van der Waals surface area (Å²) in [7, 11) is -7.97. The van der Waals surface area contributed by atoms with Crippen molar-refractivity contribution >= 4 is 21.7 Å². The van der Waals surface area contributed by atoms with Gasteiger partial charge in [-0.2, -0.15) is 87.8 Å². The minimum atomic E-state index is -9.13. The second-order valence-electron chi connectivity index (χ2n) is 6.05. The molecule has 0 aliphatic rings. The molecule has 0 aliphatic carbocycles. The molecule has 0 saturated heterocycles. The number of alkyl halides is 21. The third-order valence-corrected chi connectivity index (χ3v) is 4.71. The van der Waals surface area contributed by atoms with Crippen molar-refractivity contribution in [2.45, 2.75) is 58.4 Å². The fourth-order valence-electron chi connectivity index (χ4n) is 1.58. The van der Waals surface area contributed by atoms with E-state index in [0.29, 0.717) is 0 Å². The molecule has 0 N–H and O–H groups in total. The maximum atomic E-state index is 13.3. The zero-order valence-corrected chi connectivity index (χ0v) is 20.7. The zero-order chi connectivity index (χ0) is 30.2. The van der Waals surface area contributed by atoms with Gasteiger partial charge >= 0.3 is 110 Å². The van der Waals surface area contributed by atoms with Gasteiger partial charge in [0, 0.05) is 0 Å². The molecule has 0 aromatic carbocycles. The Morgan fingerprint density at radius 1 is 0.486 bits per heavy atom. The van der Waals surface area contributed by atoms with E-state index in [1.54, 1.807) is 0 Å². The first kappa shape index (κ1) is 39.5. The zero-order valence-electron chi connectivity index (χ0n) is 16.0. The summed E-state index contributed by atoms with van der Waals surface area (Å²) < 4.78 is 291. The molecular formula is C10ClF20KO4S. The molecule has 0 saturated carbocycles. The smallest absolute Gasteiger partial charge is 0.743 e. The first-order valence-electron chi connectivity index (χ1n) is 7.08. The fourth-order valence-corrected chi connectivity index (χ4v) is 2.03. The van der Waals surface area contributed by atoms with Crippen molar-refractivity contribution in [2.24, 2.45) is 0 Å². The van der Waals surface area contributed by atoms with Crippen LogP contribution >= 0.6 is 11.6 Å². The first-order chi connectivity index (χ1) is 15.0. The molecule has 0 aromatic rings. The second kappa shape index (κ2) is 10.0. The Morgan fingerprint density at radius 3 is 0.973 bits per heavy atom. The molecule has 218 valence electrons. The molecule has 0 radical (unpaired) electrons. The van der Waals surface area contributed by atoms with Crippen molar-refractivity contribution in [2.75, 3.05) is 0 Å². The normalized spacial score (nSPS) is 16.5. The Balaban J connectivity index is 0. The van der Waals surface area contributed by atoms with Gasteiger partial charge < -0.3 is 4.55 Å². The number of hydrogen-bond acceptors (Lipinski definition) is 4. The SMILES string of the molecule is O=S(=O)([O-])C(F)(F)C(F)(F)OC(F)(F)C(F)(F)C(F)(F)C(F)(F)C(F)(F)C(F)(F)C(F)(F)C(F)(F)Cl.[K+]. The Hall–Kier alpha value is 0.396. The molecule has 0 aliphatic heterocycles. The maximum absolute atomic E-state index is 13.3. The van der Waals surface area contributed by atoms with Gasteiger partial charge in [-0.3, -0.25) is 0 Å². The van der Waals surface area contributed by atoms with Gasteiger partial charge in [-0.05, 0) is 11.6 Å². The summed E-state index contributed by atoms with van der Waals surface area (Å²) in [5, 5.41) is -14.7. The van der Waals surface area contributed by atoms with Gasteiger partial charge in [-0.15, -0.1) is 0 Å². The monoisotopic (exact) mass is 670 g/mol. The third kappa shape index (κ3) is 5.64. The number of rotatable bonds is 11. The van der Waals surface area contributed by atoms with Crippen molar-refractivity contribution < 1.29 is 157 Å². The summed E-state index contributed by atoms with van der Waals surface area (Å²) in [6.07, 6.45) is -16.4. The van der Waals surface area contributed by atoms with E-state index in [1.165, 1.54) is 0 Å². The second-order valence-corrected chi connectivity index (χ2v) is 7.95. The van der Waals surface area contributed by atoms with Gasteiger partial charge in [0.25, 0.3) is 0 Å². The van der Waals surface area contributed by atoms with E-state index in [1.807, 2.05) is 0 Å². The van der Waals surface area contributed by atoms with Crippen molar-refractivity contribution in [1.82, 2.24) is 0 Å². The quantitative estimate of drug-likeness (QED) is 0.147. The average molecular weight is 671 g/mol. The topological polar surface area (TPSA) is 66.4 Å². The molecule has 37 heavy (non-hydrogen) atoms. The minimum absolute atomic E-state index is 0. The van der Waals surface area contributed by atoms with E-state index in [0.717, 1.165) is 4.74 Å². The van der Waals surface area contributed by atoms with Crippen LogP contribution in [0.5, 0.6) is 0 Å². The largest absolute Gasteiger partial charge is 1.00 e. The molecular weight excluding hydrogens is 671 g/mol. The predicted molar refractivity (Wildman–Crippen MR) is 66.1 cm³/mol. The van der Waals surface area contributed by atoms with Crippen LogP contribution in [0.4, 0.5) is 87.8 Å². The van der Waals surface area contributed by atoms with Gasteiger partial charge in [0.1, 0.15) is 0 Å². The van der Waals surface area contributed by atoms with E-state index in [2.05, 4.69) is 11.6 Å². The van der Waals surface area contributed by atoms with Crippen LogP contribution in [0.25, 0.3) is 0 Å². The number of ether oxygens (including phenoxy) is 1. The van der Waals surface area contributed by atoms with Crippen LogP contribution < -0.4 is 51.4 Å². The summed E-state index contributed by atoms with van der Waals surface area (Å²) >= 11 is 3.25. The van der Waals surface area contributed by atoms with E-state index in [9.17, 15) is 101 Å². The summed E-state index contributed by atoms with van der Waals surface area (Å²) in [6, 6.07) is 0. The van der Waals surface area contributed by atoms with Crippen molar-refractivity contribution in [3.8, 4) is 0 Å². The molecule has 27 heteroatoms. The van der Waals surface area contributed by atoms with Gasteiger partial charge in [-0.1, -0.05) is 0 Å². The molecule has 0 aromatic heterocycles. The van der Waals surface area contributed by atoms with Crippen LogP contribution in [0.3, 0.4) is 0 Å². The van der Waals surface area contributed by atoms with Gasteiger partial charge in [0.05, 0.1) is 0 Å². The molecule has 0 heterocycles. The van der Waals surface area contributed by atoms with Crippen LogP contribution in [-0.4, -0.2) is 71.4 Å². The van der Waals surface area contributed by atoms with E-state index in [4.69, 9.17) is 0 Å². The predicted octanol–water partition coefficient (Wildman–Crippen LogP) is 2.97. The number of halogens is 21. The van der Waals surface area contributed by atoms with Crippen LogP contribution in [0.1, 0.15) is 0 Å². The number of hydrogen-bond donors (Lipinski definition) is 0. The molecule has 0 spiro atoms. The molecule has 0 atom stereocenters. The van der Waals surface area contributed by atoms with Crippen molar-refractivity contribution in [3.05, 3.63) is 0 Å². The molecule has 0 bridgehead atoms. The summed E-state index contributed by atoms with van der Waals surface area (Å²) in [4.78, 5) is 0. The molecule has 0 fully saturated rings. The Bertz CT molecular complexity index is 943. The molecule has 0 amide bonds. The van der Waals surface area contributed by atoms with E-state index < -0.39 is 68.5 Å². The van der Waals surface area contributed by atoms with Crippen LogP contribution in [-0.2, 0) is 14.9 Å².